The standard InChI is InChI=1S/C19H17ClN2O4S/c1-11-6-14(27-10-21)7-12(2)18(11)22-17(23)9-26-19(24)15-8-13(20)4-5-16(15)25-3/h4-8H,9H2,1-3H3,(H,22,23). The first kappa shape index (κ1) is 20.6. The number of amides is 1. The van der Waals surface area contributed by atoms with E-state index in [2.05, 4.69) is 5.32 Å². The van der Waals surface area contributed by atoms with Crippen LogP contribution in [0, 0.1) is 24.5 Å². The van der Waals surface area contributed by atoms with Gasteiger partial charge in [-0.1, -0.05) is 11.6 Å². The number of benzene rings is 2. The zero-order chi connectivity index (χ0) is 20.0. The second-order valence-electron chi connectivity index (χ2n) is 5.59. The zero-order valence-electron chi connectivity index (χ0n) is 15.0. The molecular weight excluding hydrogens is 388 g/mol. The van der Waals surface area contributed by atoms with Crippen molar-refractivity contribution in [3.05, 3.63) is 52.0 Å². The van der Waals surface area contributed by atoms with Gasteiger partial charge in [0.05, 0.1) is 7.11 Å². The summed E-state index contributed by atoms with van der Waals surface area (Å²) in [5, 5.41) is 13.9. The smallest absolute Gasteiger partial charge is 0.342 e. The Morgan fingerprint density at radius 2 is 1.89 bits per heavy atom. The molecule has 1 N–H and O–H groups in total. The molecule has 0 spiro atoms. The quantitative estimate of drug-likeness (QED) is 0.438. The van der Waals surface area contributed by atoms with Crippen molar-refractivity contribution in [2.75, 3.05) is 19.0 Å². The van der Waals surface area contributed by atoms with E-state index in [0.717, 1.165) is 27.8 Å². The molecule has 2 aromatic carbocycles. The fourth-order valence-corrected chi connectivity index (χ4v) is 3.21. The highest BCUT2D eigenvalue weighted by molar-refractivity contribution is 8.03. The molecule has 1 amide bonds. The van der Waals surface area contributed by atoms with Gasteiger partial charge in [-0.25, -0.2) is 4.79 Å². The number of hydrogen-bond acceptors (Lipinski definition) is 6. The number of ether oxygens (including phenoxy) is 2. The number of carbonyl (C=O) groups is 2. The van der Waals surface area contributed by atoms with Gasteiger partial charge in [0.1, 0.15) is 16.7 Å². The molecule has 6 nitrogen and oxygen atoms in total. The Labute approximate surface area is 166 Å². The van der Waals surface area contributed by atoms with Gasteiger partial charge in [0, 0.05) is 15.6 Å². The number of thioether (sulfide) groups is 1. The Kier molecular flexibility index (Phi) is 7.11. The lowest BCUT2D eigenvalue weighted by atomic mass is 10.1. The molecule has 2 aromatic rings. The van der Waals surface area contributed by atoms with Crippen molar-refractivity contribution < 1.29 is 19.1 Å². The maximum Gasteiger partial charge on any atom is 0.342 e. The molecule has 8 heteroatoms. The highest BCUT2D eigenvalue weighted by Gasteiger charge is 2.17. The molecule has 0 saturated carbocycles. The minimum atomic E-state index is -0.710. The van der Waals surface area contributed by atoms with Crippen LogP contribution in [0.5, 0.6) is 5.75 Å². The maximum absolute atomic E-state index is 12.2. The molecule has 0 radical (unpaired) electrons. The average molecular weight is 405 g/mol. The molecule has 0 atom stereocenters. The van der Waals surface area contributed by atoms with E-state index in [1.165, 1.54) is 13.2 Å². The predicted octanol–water partition coefficient (Wildman–Crippen LogP) is 4.33. The van der Waals surface area contributed by atoms with E-state index >= 15 is 0 Å². The first-order valence-corrected chi connectivity index (χ1v) is 9.03. The van der Waals surface area contributed by atoms with E-state index in [1.807, 2.05) is 19.2 Å². The minimum Gasteiger partial charge on any atom is -0.496 e. The van der Waals surface area contributed by atoms with E-state index in [1.54, 1.807) is 24.3 Å². The number of carbonyl (C=O) groups excluding carboxylic acids is 2. The Bertz CT molecular complexity index is 901. The van der Waals surface area contributed by atoms with Gasteiger partial charge in [-0.2, -0.15) is 5.26 Å². The van der Waals surface area contributed by atoms with Crippen LogP contribution in [0.15, 0.2) is 35.2 Å². The Morgan fingerprint density at radius 1 is 1.22 bits per heavy atom. The highest BCUT2D eigenvalue weighted by atomic mass is 35.5. The van der Waals surface area contributed by atoms with Crippen molar-refractivity contribution in [2.45, 2.75) is 18.7 Å². The first-order chi connectivity index (χ1) is 12.8. The van der Waals surface area contributed by atoms with Crippen LogP contribution in [-0.2, 0) is 9.53 Å². The van der Waals surface area contributed by atoms with Gasteiger partial charge in [-0.05, 0) is 67.1 Å². The first-order valence-electron chi connectivity index (χ1n) is 7.83. The lowest BCUT2D eigenvalue weighted by molar-refractivity contribution is -0.119. The SMILES string of the molecule is COc1ccc(Cl)cc1C(=O)OCC(=O)Nc1c(C)cc(SC#N)cc1C. The van der Waals surface area contributed by atoms with Gasteiger partial charge in [0.2, 0.25) is 0 Å². The minimum absolute atomic E-state index is 0.142. The predicted molar refractivity (Wildman–Crippen MR) is 104 cm³/mol. The van der Waals surface area contributed by atoms with Crippen molar-refractivity contribution >= 4 is 40.9 Å². The molecule has 140 valence electrons. The fourth-order valence-electron chi connectivity index (χ4n) is 2.46. The summed E-state index contributed by atoms with van der Waals surface area (Å²) in [5.74, 6) is -0.878. The average Bonchev–Trinajstić information content (AvgIpc) is 2.63. The second kappa shape index (κ2) is 9.31. The third-order valence-electron chi connectivity index (χ3n) is 3.65. The molecule has 0 heterocycles. The molecular formula is C19H17ClN2O4S. The van der Waals surface area contributed by atoms with Crippen LogP contribution in [0.3, 0.4) is 0 Å². The molecule has 0 aliphatic rings. The van der Waals surface area contributed by atoms with Gasteiger partial charge in [-0.15, -0.1) is 0 Å². The number of nitrogens with zero attached hydrogens (tertiary/aromatic N) is 1. The molecule has 2 rings (SSSR count). The third-order valence-corrected chi connectivity index (χ3v) is 4.45. The number of halogens is 1. The van der Waals surface area contributed by atoms with Crippen LogP contribution < -0.4 is 10.1 Å². The lowest BCUT2D eigenvalue weighted by Gasteiger charge is -2.13. The second-order valence-corrected chi connectivity index (χ2v) is 6.89. The zero-order valence-corrected chi connectivity index (χ0v) is 16.5. The Balaban J connectivity index is 2.04. The maximum atomic E-state index is 12.2. The Morgan fingerprint density at radius 3 is 2.48 bits per heavy atom. The van der Waals surface area contributed by atoms with E-state index < -0.39 is 18.5 Å². The molecule has 0 fully saturated rings. The Hall–Kier alpha value is -2.69. The molecule has 0 aromatic heterocycles. The highest BCUT2D eigenvalue weighted by Crippen LogP contribution is 2.27. The van der Waals surface area contributed by atoms with E-state index in [9.17, 15) is 9.59 Å². The molecule has 27 heavy (non-hydrogen) atoms. The number of aryl methyl sites for hydroxylation is 2. The van der Waals surface area contributed by atoms with Crippen LogP contribution in [0.2, 0.25) is 5.02 Å². The normalized spacial score (nSPS) is 10.0. The summed E-state index contributed by atoms with van der Waals surface area (Å²) in [6, 6.07) is 8.16. The van der Waals surface area contributed by atoms with E-state index in [0.29, 0.717) is 16.5 Å². The number of hydrogen-bond donors (Lipinski definition) is 1. The molecule has 0 saturated heterocycles. The fraction of sp³-hybridized carbons (Fsp3) is 0.211. The summed E-state index contributed by atoms with van der Waals surface area (Å²) >= 11 is 6.94. The van der Waals surface area contributed by atoms with Gasteiger partial charge in [0.15, 0.2) is 6.61 Å². The number of nitrogens with one attached hydrogen (secondary N) is 1. The van der Waals surface area contributed by atoms with E-state index in [-0.39, 0.29) is 5.56 Å². The molecule has 0 aliphatic carbocycles. The van der Waals surface area contributed by atoms with Gasteiger partial charge < -0.3 is 14.8 Å². The largest absolute Gasteiger partial charge is 0.496 e. The van der Waals surface area contributed by atoms with Gasteiger partial charge >= 0.3 is 5.97 Å². The van der Waals surface area contributed by atoms with E-state index in [4.69, 9.17) is 26.3 Å². The third kappa shape index (κ3) is 5.39. The van der Waals surface area contributed by atoms with Gasteiger partial charge in [-0.3, -0.25) is 4.79 Å². The summed E-state index contributed by atoms with van der Waals surface area (Å²) in [6.07, 6.45) is 0. The van der Waals surface area contributed by atoms with Crippen LogP contribution >= 0.6 is 23.4 Å². The van der Waals surface area contributed by atoms with Gasteiger partial charge in [0.25, 0.3) is 5.91 Å². The molecule has 0 aliphatic heterocycles. The number of methoxy groups -OCH3 is 1. The summed E-state index contributed by atoms with van der Waals surface area (Å²) < 4.78 is 10.2. The number of anilines is 1. The number of thiocyanates is 1. The van der Waals surface area contributed by atoms with Crippen LogP contribution in [-0.4, -0.2) is 25.6 Å². The van der Waals surface area contributed by atoms with Crippen molar-refractivity contribution in [3.63, 3.8) is 0 Å². The number of esters is 1. The van der Waals surface area contributed by atoms with Crippen molar-refractivity contribution in [2.24, 2.45) is 0 Å². The van der Waals surface area contributed by atoms with Crippen LogP contribution in [0.4, 0.5) is 5.69 Å². The summed E-state index contributed by atoms with van der Waals surface area (Å²) in [7, 11) is 1.42. The molecule has 0 bridgehead atoms. The summed E-state index contributed by atoms with van der Waals surface area (Å²) in [6.45, 7) is 3.20. The molecule has 0 unspecified atom stereocenters. The van der Waals surface area contributed by atoms with Crippen LogP contribution in [0.25, 0.3) is 0 Å². The van der Waals surface area contributed by atoms with Crippen LogP contribution in [0.1, 0.15) is 21.5 Å². The topological polar surface area (TPSA) is 88.4 Å². The lowest BCUT2D eigenvalue weighted by Crippen LogP contribution is -2.22. The van der Waals surface area contributed by atoms with Crippen molar-refractivity contribution in [1.29, 1.82) is 5.26 Å². The van der Waals surface area contributed by atoms with Crippen molar-refractivity contribution in [1.82, 2.24) is 0 Å². The summed E-state index contributed by atoms with van der Waals surface area (Å²) in [5.41, 5.74) is 2.38. The number of rotatable bonds is 6. The van der Waals surface area contributed by atoms with Crippen molar-refractivity contribution in [3.8, 4) is 11.2 Å². The summed E-state index contributed by atoms with van der Waals surface area (Å²) in [4.78, 5) is 25.2. The number of nitriles is 1. The monoisotopic (exact) mass is 404 g/mol.